The van der Waals surface area contributed by atoms with Crippen molar-refractivity contribution >= 4 is 11.7 Å². The predicted octanol–water partition coefficient (Wildman–Crippen LogP) is 1.27. The number of nitrogens with zero attached hydrogens (tertiary/aromatic N) is 1. The van der Waals surface area contributed by atoms with Crippen molar-refractivity contribution in [3.63, 3.8) is 0 Å². The Labute approximate surface area is 125 Å². The van der Waals surface area contributed by atoms with Gasteiger partial charge in [-0.05, 0) is 45.0 Å². The molecule has 0 bridgehead atoms. The summed E-state index contributed by atoms with van der Waals surface area (Å²) in [4.78, 5) is 23.8. The molecule has 116 valence electrons. The summed E-state index contributed by atoms with van der Waals surface area (Å²) in [6, 6.07) is 7.19. The van der Waals surface area contributed by atoms with E-state index in [2.05, 4.69) is 10.2 Å². The van der Waals surface area contributed by atoms with Crippen molar-refractivity contribution in [3.8, 4) is 0 Å². The highest BCUT2D eigenvalue weighted by Crippen LogP contribution is 2.18. The Balaban J connectivity index is 1.99. The van der Waals surface area contributed by atoms with Gasteiger partial charge in [-0.1, -0.05) is 0 Å². The van der Waals surface area contributed by atoms with Gasteiger partial charge < -0.3 is 16.0 Å². The molecule has 2 rings (SSSR count). The Morgan fingerprint density at radius 1 is 1.33 bits per heavy atom. The molecule has 0 amide bonds. The minimum atomic E-state index is -0.525. The summed E-state index contributed by atoms with van der Waals surface area (Å²) in [7, 11) is 0. The van der Waals surface area contributed by atoms with Gasteiger partial charge in [0.15, 0.2) is 0 Å². The van der Waals surface area contributed by atoms with Crippen LogP contribution in [0.3, 0.4) is 0 Å². The van der Waals surface area contributed by atoms with Crippen LogP contribution in [0.4, 0.5) is 5.69 Å². The zero-order valence-corrected chi connectivity index (χ0v) is 12.8. The maximum absolute atomic E-state index is 11.8. The second-order valence-electron chi connectivity index (χ2n) is 6.08. The second-order valence-corrected chi connectivity index (χ2v) is 6.08. The fourth-order valence-electron chi connectivity index (χ4n) is 2.05. The first-order chi connectivity index (χ1) is 9.87. The Morgan fingerprint density at radius 2 is 2.00 bits per heavy atom. The topological polar surface area (TPSA) is 76.8 Å². The van der Waals surface area contributed by atoms with Gasteiger partial charge in [0.2, 0.25) is 0 Å². The van der Waals surface area contributed by atoms with Crippen LogP contribution in [0.5, 0.6) is 0 Å². The summed E-state index contributed by atoms with van der Waals surface area (Å²) in [5.74, 6) is -0.499. The Bertz CT molecular complexity index is 482. The summed E-state index contributed by atoms with van der Waals surface area (Å²) in [5.41, 5.74) is 6.98. The van der Waals surface area contributed by atoms with E-state index >= 15 is 0 Å². The highest BCUT2D eigenvalue weighted by atomic mass is 17.2. The van der Waals surface area contributed by atoms with E-state index in [4.69, 9.17) is 15.5 Å². The fraction of sp³-hybridized carbons (Fsp3) is 0.533. The molecule has 0 aromatic heterocycles. The van der Waals surface area contributed by atoms with Gasteiger partial charge in [-0.25, -0.2) is 4.79 Å². The number of hydrogen-bond donors (Lipinski definition) is 2. The van der Waals surface area contributed by atoms with E-state index in [0.29, 0.717) is 5.56 Å². The molecule has 1 aromatic carbocycles. The molecule has 3 N–H and O–H groups in total. The van der Waals surface area contributed by atoms with Crippen molar-refractivity contribution in [1.82, 2.24) is 5.32 Å². The summed E-state index contributed by atoms with van der Waals surface area (Å²) >= 11 is 0. The third kappa shape index (κ3) is 4.42. The first-order valence-corrected chi connectivity index (χ1v) is 7.10. The van der Waals surface area contributed by atoms with E-state index in [0.717, 1.165) is 25.3 Å². The van der Waals surface area contributed by atoms with Gasteiger partial charge in [-0.3, -0.25) is 4.89 Å². The Hall–Kier alpha value is -1.63. The number of nitrogens with two attached hydrogens (primary N) is 1. The zero-order valence-electron chi connectivity index (χ0n) is 12.8. The lowest BCUT2D eigenvalue weighted by atomic mass is 10.1. The van der Waals surface area contributed by atoms with Gasteiger partial charge in [0, 0.05) is 25.3 Å². The summed E-state index contributed by atoms with van der Waals surface area (Å²) in [6.45, 7) is 7.94. The van der Waals surface area contributed by atoms with Gasteiger partial charge in [0.1, 0.15) is 5.60 Å². The number of carbonyl (C=O) groups excluding carboxylic acids is 1. The number of piperazine rings is 1. The molecule has 6 heteroatoms. The predicted molar refractivity (Wildman–Crippen MR) is 80.9 cm³/mol. The largest absolute Gasteiger partial charge is 0.373 e. The normalized spacial score (nSPS) is 19.4. The molecule has 1 atom stereocenters. The quantitative estimate of drug-likeness (QED) is 0.645. The molecule has 1 aromatic rings. The van der Waals surface area contributed by atoms with E-state index in [-0.39, 0.29) is 6.17 Å². The minimum absolute atomic E-state index is 0.0548. The molecule has 1 aliphatic heterocycles. The van der Waals surface area contributed by atoms with Crippen molar-refractivity contribution < 1.29 is 14.6 Å². The second kappa shape index (κ2) is 6.43. The van der Waals surface area contributed by atoms with Crippen molar-refractivity contribution in [1.29, 1.82) is 0 Å². The lowest BCUT2D eigenvalue weighted by Gasteiger charge is -2.35. The molecule has 1 heterocycles. The average molecular weight is 293 g/mol. The highest BCUT2D eigenvalue weighted by Gasteiger charge is 2.20. The molecule has 6 nitrogen and oxygen atoms in total. The smallest absolute Gasteiger partial charge is 0.354 e. The molecule has 1 saturated heterocycles. The van der Waals surface area contributed by atoms with Crippen LogP contribution in [0.1, 0.15) is 31.1 Å². The maximum atomic E-state index is 11.8. The number of hydrogen-bond acceptors (Lipinski definition) is 6. The molecule has 1 aliphatic rings. The Kier molecular flexibility index (Phi) is 4.82. The van der Waals surface area contributed by atoms with Crippen molar-refractivity contribution in [2.45, 2.75) is 32.5 Å². The van der Waals surface area contributed by atoms with Crippen molar-refractivity contribution in [2.24, 2.45) is 5.73 Å². The molecular formula is C15H23N3O3. The van der Waals surface area contributed by atoms with Crippen LogP contribution in [0.25, 0.3) is 0 Å². The molecule has 21 heavy (non-hydrogen) atoms. The van der Waals surface area contributed by atoms with Gasteiger partial charge in [-0.2, -0.15) is 4.89 Å². The van der Waals surface area contributed by atoms with Crippen LogP contribution in [0, 0.1) is 0 Å². The number of rotatable bonds is 3. The minimum Gasteiger partial charge on any atom is -0.354 e. The highest BCUT2D eigenvalue weighted by molar-refractivity contribution is 5.89. The summed E-state index contributed by atoms with van der Waals surface area (Å²) in [5, 5.41) is 3.24. The first-order valence-electron chi connectivity index (χ1n) is 7.10. The van der Waals surface area contributed by atoms with Crippen LogP contribution in [-0.2, 0) is 9.78 Å². The first kappa shape index (κ1) is 15.8. The number of nitrogens with one attached hydrogen (secondary N) is 1. The third-order valence-corrected chi connectivity index (χ3v) is 3.09. The number of anilines is 1. The van der Waals surface area contributed by atoms with Crippen LogP contribution < -0.4 is 16.0 Å². The van der Waals surface area contributed by atoms with E-state index < -0.39 is 11.6 Å². The van der Waals surface area contributed by atoms with Gasteiger partial charge >= 0.3 is 5.97 Å². The van der Waals surface area contributed by atoms with E-state index in [9.17, 15) is 4.79 Å². The van der Waals surface area contributed by atoms with Gasteiger partial charge in [0.25, 0.3) is 0 Å². The standard InChI is InChI=1S/C15H23N3O3/c1-15(2,3)21-20-14(19)11-4-6-12(7-5-11)18-9-8-17-10-13(18)16/h4-7,13,17H,8-10,16H2,1-3H3. The van der Waals surface area contributed by atoms with Crippen LogP contribution in [-0.4, -0.2) is 37.4 Å². The zero-order chi connectivity index (χ0) is 15.5. The average Bonchev–Trinajstić information content (AvgIpc) is 2.45. The molecule has 0 saturated carbocycles. The lowest BCUT2D eigenvalue weighted by molar-refractivity contribution is -0.301. The molecule has 1 unspecified atom stereocenters. The third-order valence-electron chi connectivity index (χ3n) is 3.09. The van der Waals surface area contributed by atoms with E-state index in [1.54, 1.807) is 12.1 Å². The number of carbonyl (C=O) groups is 1. The van der Waals surface area contributed by atoms with Gasteiger partial charge in [-0.15, -0.1) is 0 Å². The lowest BCUT2D eigenvalue weighted by Crippen LogP contribution is -2.56. The van der Waals surface area contributed by atoms with Crippen molar-refractivity contribution in [3.05, 3.63) is 29.8 Å². The van der Waals surface area contributed by atoms with Crippen LogP contribution >= 0.6 is 0 Å². The maximum Gasteiger partial charge on any atom is 0.373 e. The van der Waals surface area contributed by atoms with E-state index in [1.807, 2.05) is 32.9 Å². The van der Waals surface area contributed by atoms with Crippen LogP contribution in [0.2, 0.25) is 0 Å². The summed E-state index contributed by atoms with van der Waals surface area (Å²) in [6.07, 6.45) is -0.0548. The molecule has 0 radical (unpaired) electrons. The summed E-state index contributed by atoms with van der Waals surface area (Å²) < 4.78 is 0. The van der Waals surface area contributed by atoms with Crippen molar-refractivity contribution in [2.75, 3.05) is 24.5 Å². The fourth-order valence-corrected chi connectivity index (χ4v) is 2.05. The number of benzene rings is 1. The van der Waals surface area contributed by atoms with E-state index in [1.165, 1.54) is 0 Å². The SMILES string of the molecule is CC(C)(C)OOC(=O)c1ccc(N2CCNCC2N)cc1. The van der Waals surface area contributed by atoms with Gasteiger partial charge in [0.05, 0.1) is 11.7 Å². The Morgan fingerprint density at radius 3 is 2.57 bits per heavy atom. The molecule has 0 spiro atoms. The van der Waals surface area contributed by atoms with Crippen LogP contribution in [0.15, 0.2) is 24.3 Å². The molecule has 1 fully saturated rings. The molecule has 0 aliphatic carbocycles. The molecular weight excluding hydrogens is 270 g/mol. The monoisotopic (exact) mass is 293 g/mol.